The first-order chi connectivity index (χ1) is 10.2. The Morgan fingerprint density at radius 2 is 2.14 bits per heavy atom. The van der Waals surface area contributed by atoms with Gasteiger partial charge in [0.15, 0.2) is 0 Å². The van der Waals surface area contributed by atoms with Gasteiger partial charge < -0.3 is 4.74 Å². The average Bonchev–Trinajstić information content (AvgIpc) is 2.97. The van der Waals surface area contributed by atoms with E-state index in [4.69, 9.17) is 9.57 Å². The average molecular weight is 290 g/mol. The summed E-state index contributed by atoms with van der Waals surface area (Å²) in [5, 5.41) is 0. The van der Waals surface area contributed by atoms with Crippen molar-refractivity contribution in [3.63, 3.8) is 0 Å². The molecule has 0 spiro atoms. The van der Waals surface area contributed by atoms with Gasteiger partial charge in [-0.2, -0.15) is 0 Å². The van der Waals surface area contributed by atoms with Crippen molar-refractivity contribution in [1.82, 2.24) is 10.5 Å². The van der Waals surface area contributed by atoms with Gasteiger partial charge in [0.1, 0.15) is 12.2 Å². The second-order valence-corrected chi connectivity index (χ2v) is 5.95. The molecule has 21 heavy (non-hydrogen) atoms. The third-order valence-electron chi connectivity index (χ3n) is 4.50. The van der Waals surface area contributed by atoms with Gasteiger partial charge in [0.25, 0.3) is 5.91 Å². The Morgan fingerprint density at radius 3 is 2.90 bits per heavy atom. The van der Waals surface area contributed by atoms with E-state index in [0.717, 1.165) is 18.4 Å². The molecule has 1 unspecified atom stereocenters. The molecule has 1 aromatic rings. The standard InChI is InChI=1S/C16H22N2O3/c1-11(12-6-8-17-9-7-12)21-18-16(19)15-10-13-4-2-3-5-14(13)20-15/h6-9,11,13-15H,2-5,10H2,1H3,(H,18,19)/t11-,13-,14+,15?/m0/s1. The van der Waals surface area contributed by atoms with Crippen LogP contribution in [-0.4, -0.2) is 23.1 Å². The second-order valence-electron chi connectivity index (χ2n) is 5.95. The third-order valence-corrected chi connectivity index (χ3v) is 4.50. The van der Waals surface area contributed by atoms with Gasteiger partial charge >= 0.3 is 0 Å². The molecular formula is C16H22N2O3. The Kier molecular flexibility index (Phi) is 4.51. The number of pyridine rings is 1. The summed E-state index contributed by atoms with van der Waals surface area (Å²) < 4.78 is 5.86. The van der Waals surface area contributed by atoms with Gasteiger partial charge in [-0.1, -0.05) is 12.8 Å². The molecule has 1 saturated carbocycles. The van der Waals surface area contributed by atoms with Gasteiger partial charge in [-0.05, 0) is 49.8 Å². The Morgan fingerprint density at radius 1 is 1.38 bits per heavy atom. The quantitative estimate of drug-likeness (QED) is 0.866. The third kappa shape index (κ3) is 3.41. The Balaban J connectivity index is 1.48. The molecule has 0 aromatic carbocycles. The Hall–Kier alpha value is -1.46. The number of hydrogen-bond donors (Lipinski definition) is 1. The molecule has 5 nitrogen and oxygen atoms in total. The number of nitrogens with one attached hydrogen (secondary N) is 1. The fraction of sp³-hybridized carbons (Fsp3) is 0.625. The van der Waals surface area contributed by atoms with Crippen LogP contribution in [0.4, 0.5) is 0 Å². The summed E-state index contributed by atoms with van der Waals surface area (Å²) in [6.07, 6.45) is 8.69. The highest BCUT2D eigenvalue weighted by Crippen LogP contribution is 2.37. The summed E-state index contributed by atoms with van der Waals surface area (Å²) in [5.41, 5.74) is 3.53. The zero-order valence-corrected chi connectivity index (χ0v) is 12.3. The first kappa shape index (κ1) is 14.5. The second kappa shape index (κ2) is 6.54. The normalized spacial score (nSPS) is 29.7. The zero-order chi connectivity index (χ0) is 14.7. The van der Waals surface area contributed by atoms with Crippen LogP contribution in [0.1, 0.15) is 50.7 Å². The molecule has 1 amide bonds. The number of rotatable bonds is 4. The van der Waals surface area contributed by atoms with Crippen molar-refractivity contribution in [1.29, 1.82) is 0 Å². The molecule has 1 N–H and O–H groups in total. The molecule has 0 bridgehead atoms. The predicted molar refractivity (Wildman–Crippen MR) is 77.1 cm³/mol. The predicted octanol–water partition coefficient (Wildman–Crippen LogP) is 2.54. The fourth-order valence-corrected chi connectivity index (χ4v) is 3.25. The zero-order valence-electron chi connectivity index (χ0n) is 12.3. The van der Waals surface area contributed by atoms with E-state index in [1.165, 1.54) is 19.3 Å². The van der Waals surface area contributed by atoms with Crippen molar-refractivity contribution in [2.45, 2.75) is 57.3 Å². The van der Waals surface area contributed by atoms with Crippen molar-refractivity contribution in [3.8, 4) is 0 Å². The summed E-state index contributed by atoms with van der Waals surface area (Å²) in [7, 11) is 0. The van der Waals surface area contributed by atoms with Crippen molar-refractivity contribution in [2.24, 2.45) is 5.92 Å². The van der Waals surface area contributed by atoms with Crippen LogP contribution in [0.5, 0.6) is 0 Å². The SMILES string of the molecule is C[C@H](ONC(=O)C1C[C@@H]2CCCC[C@H]2O1)c1ccncc1. The number of fused-ring (bicyclic) bond motifs is 1. The van der Waals surface area contributed by atoms with Crippen LogP contribution in [0.25, 0.3) is 0 Å². The fourth-order valence-electron chi connectivity index (χ4n) is 3.25. The molecule has 1 saturated heterocycles. The molecular weight excluding hydrogens is 268 g/mol. The molecule has 1 aromatic heterocycles. The molecule has 1 aliphatic heterocycles. The minimum absolute atomic E-state index is 0.162. The van der Waals surface area contributed by atoms with E-state index < -0.39 is 0 Å². The highest BCUT2D eigenvalue weighted by atomic mass is 16.7. The molecule has 0 radical (unpaired) electrons. The molecule has 114 valence electrons. The number of carbonyl (C=O) groups excluding carboxylic acids is 1. The molecule has 2 heterocycles. The van der Waals surface area contributed by atoms with Gasteiger partial charge in [0.2, 0.25) is 0 Å². The monoisotopic (exact) mass is 290 g/mol. The van der Waals surface area contributed by atoms with E-state index >= 15 is 0 Å². The smallest absolute Gasteiger partial charge is 0.272 e. The van der Waals surface area contributed by atoms with E-state index in [0.29, 0.717) is 5.92 Å². The van der Waals surface area contributed by atoms with Crippen LogP contribution < -0.4 is 5.48 Å². The van der Waals surface area contributed by atoms with Gasteiger partial charge in [0, 0.05) is 12.4 Å². The largest absolute Gasteiger partial charge is 0.365 e. The highest BCUT2D eigenvalue weighted by molar-refractivity contribution is 5.80. The minimum Gasteiger partial charge on any atom is -0.365 e. The summed E-state index contributed by atoms with van der Waals surface area (Å²) in [4.78, 5) is 21.6. The first-order valence-corrected chi connectivity index (χ1v) is 7.75. The van der Waals surface area contributed by atoms with Gasteiger partial charge in [-0.15, -0.1) is 0 Å². The van der Waals surface area contributed by atoms with Gasteiger partial charge in [-0.25, -0.2) is 5.48 Å². The van der Waals surface area contributed by atoms with Gasteiger partial charge in [-0.3, -0.25) is 14.6 Å². The van der Waals surface area contributed by atoms with Crippen molar-refractivity contribution >= 4 is 5.91 Å². The number of nitrogens with zero attached hydrogens (tertiary/aromatic N) is 1. The van der Waals surface area contributed by atoms with E-state index in [9.17, 15) is 4.79 Å². The van der Waals surface area contributed by atoms with Crippen LogP contribution in [-0.2, 0) is 14.4 Å². The summed E-state index contributed by atoms with van der Waals surface area (Å²) >= 11 is 0. The highest BCUT2D eigenvalue weighted by Gasteiger charge is 2.39. The van der Waals surface area contributed by atoms with Crippen molar-refractivity contribution in [3.05, 3.63) is 30.1 Å². The molecule has 2 aliphatic rings. The maximum absolute atomic E-state index is 12.2. The molecule has 1 aliphatic carbocycles. The van der Waals surface area contributed by atoms with Crippen LogP contribution >= 0.6 is 0 Å². The summed E-state index contributed by atoms with van der Waals surface area (Å²) in [5.74, 6) is 0.387. The van der Waals surface area contributed by atoms with Crippen molar-refractivity contribution in [2.75, 3.05) is 0 Å². The summed E-state index contributed by atoms with van der Waals surface area (Å²) in [6, 6.07) is 3.74. The van der Waals surface area contributed by atoms with E-state index in [1.54, 1.807) is 12.4 Å². The maximum atomic E-state index is 12.2. The van der Waals surface area contributed by atoms with Crippen LogP contribution in [0, 0.1) is 5.92 Å². The van der Waals surface area contributed by atoms with Crippen LogP contribution in [0.3, 0.4) is 0 Å². The van der Waals surface area contributed by atoms with E-state index in [2.05, 4.69) is 10.5 Å². The lowest BCUT2D eigenvalue weighted by Crippen LogP contribution is -2.35. The van der Waals surface area contributed by atoms with E-state index in [1.807, 2.05) is 19.1 Å². The number of carbonyl (C=O) groups is 1. The lowest BCUT2D eigenvalue weighted by Gasteiger charge is -2.23. The summed E-state index contributed by atoms with van der Waals surface area (Å²) in [6.45, 7) is 1.89. The first-order valence-electron chi connectivity index (χ1n) is 7.75. The molecule has 5 heteroatoms. The maximum Gasteiger partial charge on any atom is 0.272 e. The number of aromatic nitrogens is 1. The van der Waals surface area contributed by atoms with Crippen molar-refractivity contribution < 1.29 is 14.4 Å². The number of ether oxygens (including phenoxy) is 1. The molecule has 2 fully saturated rings. The number of amides is 1. The number of hydroxylamine groups is 1. The topological polar surface area (TPSA) is 60.5 Å². The lowest BCUT2D eigenvalue weighted by molar-refractivity contribution is -0.149. The molecule has 3 rings (SSSR count). The van der Waals surface area contributed by atoms with E-state index in [-0.39, 0.29) is 24.2 Å². The van der Waals surface area contributed by atoms with Crippen LogP contribution in [0.2, 0.25) is 0 Å². The Labute approximate surface area is 125 Å². The molecule has 4 atom stereocenters. The lowest BCUT2D eigenvalue weighted by atomic mass is 9.85. The van der Waals surface area contributed by atoms with Gasteiger partial charge in [0.05, 0.1) is 6.10 Å². The Bertz CT molecular complexity index is 466. The van der Waals surface area contributed by atoms with Crippen LogP contribution in [0.15, 0.2) is 24.5 Å². The minimum atomic E-state index is -0.359. The number of hydrogen-bond acceptors (Lipinski definition) is 4.